The smallest absolute Gasteiger partial charge is 0.0713 e. The molecule has 0 aliphatic heterocycles. The van der Waals surface area contributed by atoms with Gasteiger partial charge in [-0.05, 0) is 30.4 Å². The largest absolute Gasteiger partial charge is 0.389 e. The molecule has 1 nitrogen and oxygen atoms in total. The van der Waals surface area contributed by atoms with Crippen LogP contribution in [0.25, 0.3) is 0 Å². The SMILES string of the molecule is CC1CCCCC1(O)Cc1ccccc1Br. The fourth-order valence-electron chi connectivity index (χ4n) is 2.63. The van der Waals surface area contributed by atoms with Crippen LogP contribution in [0.1, 0.15) is 38.2 Å². The van der Waals surface area contributed by atoms with Gasteiger partial charge in [-0.1, -0.05) is 53.9 Å². The zero-order valence-electron chi connectivity index (χ0n) is 9.75. The quantitative estimate of drug-likeness (QED) is 0.871. The van der Waals surface area contributed by atoms with E-state index in [4.69, 9.17) is 0 Å². The highest BCUT2D eigenvalue weighted by Crippen LogP contribution is 2.37. The maximum Gasteiger partial charge on any atom is 0.0713 e. The van der Waals surface area contributed by atoms with E-state index < -0.39 is 5.60 Å². The van der Waals surface area contributed by atoms with Gasteiger partial charge in [0.2, 0.25) is 0 Å². The van der Waals surface area contributed by atoms with Gasteiger partial charge >= 0.3 is 0 Å². The van der Waals surface area contributed by atoms with Gasteiger partial charge in [0.05, 0.1) is 5.60 Å². The summed E-state index contributed by atoms with van der Waals surface area (Å²) in [6.45, 7) is 2.18. The maximum atomic E-state index is 10.7. The van der Waals surface area contributed by atoms with Crippen molar-refractivity contribution in [1.82, 2.24) is 0 Å². The Bertz CT molecular complexity index is 364. The summed E-state index contributed by atoms with van der Waals surface area (Å²) in [5, 5.41) is 10.7. The van der Waals surface area contributed by atoms with Crippen LogP contribution in [-0.2, 0) is 6.42 Å². The highest BCUT2D eigenvalue weighted by Gasteiger charge is 2.36. The molecule has 0 spiro atoms. The number of rotatable bonds is 2. The van der Waals surface area contributed by atoms with E-state index in [9.17, 15) is 5.11 Å². The molecule has 0 radical (unpaired) electrons. The Morgan fingerprint density at radius 1 is 1.38 bits per heavy atom. The Balaban J connectivity index is 2.16. The number of hydrogen-bond acceptors (Lipinski definition) is 1. The van der Waals surface area contributed by atoms with Crippen LogP contribution in [0.2, 0.25) is 0 Å². The summed E-state index contributed by atoms with van der Waals surface area (Å²) >= 11 is 3.56. The molecule has 1 aromatic rings. The monoisotopic (exact) mass is 282 g/mol. The van der Waals surface area contributed by atoms with Gasteiger partial charge < -0.3 is 5.11 Å². The van der Waals surface area contributed by atoms with Gasteiger partial charge in [0.15, 0.2) is 0 Å². The average molecular weight is 283 g/mol. The number of halogens is 1. The van der Waals surface area contributed by atoms with Crippen LogP contribution in [0.4, 0.5) is 0 Å². The molecule has 88 valence electrons. The fourth-order valence-corrected chi connectivity index (χ4v) is 3.06. The van der Waals surface area contributed by atoms with E-state index in [0.717, 1.165) is 30.2 Å². The van der Waals surface area contributed by atoms with Gasteiger partial charge in [-0.15, -0.1) is 0 Å². The van der Waals surface area contributed by atoms with Gasteiger partial charge in [-0.3, -0.25) is 0 Å². The molecule has 16 heavy (non-hydrogen) atoms. The maximum absolute atomic E-state index is 10.7. The van der Waals surface area contributed by atoms with Gasteiger partial charge in [-0.2, -0.15) is 0 Å². The minimum absolute atomic E-state index is 0.411. The minimum atomic E-state index is -0.498. The molecule has 0 amide bonds. The first-order valence-corrected chi connectivity index (χ1v) is 6.87. The van der Waals surface area contributed by atoms with Crippen LogP contribution in [0.5, 0.6) is 0 Å². The molecule has 2 heteroatoms. The van der Waals surface area contributed by atoms with Crippen LogP contribution >= 0.6 is 15.9 Å². The lowest BCUT2D eigenvalue weighted by Crippen LogP contribution is -2.41. The summed E-state index contributed by atoms with van der Waals surface area (Å²) in [5.74, 6) is 0.411. The summed E-state index contributed by atoms with van der Waals surface area (Å²) in [6.07, 6.45) is 5.29. The van der Waals surface area contributed by atoms with E-state index in [2.05, 4.69) is 28.9 Å². The number of benzene rings is 1. The first kappa shape index (κ1) is 12.1. The van der Waals surface area contributed by atoms with Gasteiger partial charge in [0.1, 0.15) is 0 Å². The second kappa shape index (κ2) is 4.89. The molecule has 1 N–H and O–H groups in total. The second-order valence-corrected chi connectivity index (χ2v) is 5.87. The van der Waals surface area contributed by atoms with Crippen LogP contribution in [0.15, 0.2) is 28.7 Å². The second-order valence-electron chi connectivity index (χ2n) is 5.02. The Hall–Kier alpha value is -0.340. The molecular weight excluding hydrogens is 264 g/mol. The third-order valence-corrected chi connectivity index (χ3v) is 4.64. The molecule has 1 aliphatic carbocycles. The number of hydrogen-bond donors (Lipinski definition) is 1. The van der Waals surface area contributed by atoms with Crippen molar-refractivity contribution in [3.05, 3.63) is 34.3 Å². The van der Waals surface area contributed by atoms with Crippen molar-refractivity contribution in [3.8, 4) is 0 Å². The van der Waals surface area contributed by atoms with Crippen LogP contribution in [-0.4, -0.2) is 10.7 Å². The van der Waals surface area contributed by atoms with Gasteiger partial charge in [0, 0.05) is 10.9 Å². The van der Waals surface area contributed by atoms with Crippen LogP contribution in [0, 0.1) is 5.92 Å². The van der Waals surface area contributed by atoms with E-state index in [1.54, 1.807) is 0 Å². The van der Waals surface area contributed by atoms with Crippen LogP contribution < -0.4 is 0 Å². The predicted octanol–water partition coefficient (Wildman–Crippen LogP) is 3.93. The summed E-state index contributed by atoms with van der Waals surface area (Å²) in [7, 11) is 0. The molecule has 0 bridgehead atoms. The van der Waals surface area contributed by atoms with Crippen molar-refractivity contribution in [2.75, 3.05) is 0 Å². The lowest BCUT2D eigenvalue weighted by atomic mass is 9.73. The Morgan fingerprint density at radius 2 is 2.12 bits per heavy atom. The lowest BCUT2D eigenvalue weighted by Gasteiger charge is -2.38. The van der Waals surface area contributed by atoms with Crippen molar-refractivity contribution in [2.45, 2.75) is 44.6 Å². The van der Waals surface area contributed by atoms with Gasteiger partial charge in [0.25, 0.3) is 0 Å². The van der Waals surface area contributed by atoms with E-state index in [1.807, 2.05) is 18.2 Å². The Labute approximate surface area is 106 Å². The zero-order valence-corrected chi connectivity index (χ0v) is 11.3. The molecule has 0 saturated heterocycles. The van der Waals surface area contributed by atoms with Crippen molar-refractivity contribution < 1.29 is 5.11 Å². The minimum Gasteiger partial charge on any atom is -0.389 e. The van der Waals surface area contributed by atoms with E-state index >= 15 is 0 Å². The lowest BCUT2D eigenvalue weighted by molar-refractivity contribution is -0.0406. The molecule has 2 unspecified atom stereocenters. The molecule has 0 aromatic heterocycles. The molecule has 2 atom stereocenters. The summed E-state index contributed by atoms with van der Waals surface area (Å²) in [4.78, 5) is 0. The molecule has 1 fully saturated rings. The van der Waals surface area contributed by atoms with E-state index in [1.165, 1.54) is 12.0 Å². The van der Waals surface area contributed by atoms with Crippen molar-refractivity contribution >= 4 is 15.9 Å². The third-order valence-electron chi connectivity index (χ3n) is 3.87. The fraction of sp³-hybridized carbons (Fsp3) is 0.571. The topological polar surface area (TPSA) is 20.2 Å². The van der Waals surface area contributed by atoms with Crippen molar-refractivity contribution in [1.29, 1.82) is 0 Å². The van der Waals surface area contributed by atoms with Crippen LogP contribution in [0.3, 0.4) is 0 Å². The molecular formula is C14H19BrO. The van der Waals surface area contributed by atoms with Crippen molar-refractivity contribution in [2.24, 2.45) is 5.92 Å². The molecule has 1 saturated carbocycles. The molecule has 1 aromatic carbocycles. The highest BCUT2D eigenvalue weighted by atomic mass is 79.9. The molecule has 0 heterocycles. The van der Waals surface area contributed by atoms with Gasteiger partial charge in [-0.25, -0.2) is 0 Å². The Morgan fingerprint density at radius 3 is 2.81 bits per heavy atom. The highest BCUT2D eigenvalue weighted by molar-refractivity contribution is 9.10. The average Bonchev–Trinajstić information content (AvgIpc) is 2.26. The third kappa shape index (κ3) is 2.49. The number of aliphatic hydroxyl groups is 1. The zero-order chi connectivity index (χ0) is 11.6. The van der Waals surface area contributed by atoms with Crippen molar-refractivity contribution in [3.63, 3.8) is 0 Å². The Kier molecular flexibility index (Phi) is 3.70. The standard InChI is InChI=1S/C14H19BrO/c1-11-6-4-5-9-14(11,16)10-12-7-2-3-8-13(12)15/h2-3,7-8,11,16H,4-6,9-10H2,1H3. The van der Waals surface area contributed by atoms with E-state index in [0.29, 0.717) is 5.92 Å². The van der Waals surface area contributed by atoms with E-state index in [-0.39, 0.29) is 0 Å². The summed E-state index contributed by atoms with van der Waals surface area (Å²) < 4.78 is 1.11. The first-order chi connectivity index (χ1) is 7.62. The first-order valence-electron chi connectivity index (χ1n) is 6.07. The molecule has 2 rings (SSSR count). The summed E-state index contributed by atoms with van der Waals surface area (Å²) in [5.41, 5.74) is 0.723. The summed E-state index contributed by atoms with van der Waals surface area (Å²) in [6, 6.07) is 8.20. The predicted molar refractivity (Wildman–Crippen MR) is 70.4 cm³/mol. The molecule has 1 aliphatic rings. The normalized spacial score (nSPS) is 30.3.